The number of likely N-dealkylation sites (N-methyl/N-ethyl adjacent to an activating group) is 1. The number of hydrogen-bond acceptors (Lipinski definition) is 4. The van der Waals surface area contributed by atoms with Crippen LogP contribution in [0.2, 0.25) is 0 Å². The lowest BCUT2D eigenvalue weighted by atomic mass is 10.2. The third kappa shape index (κ3) is 8.88. The number of hydrogen-bond donors (Lipinski definition) is 1. The average Bonchev–Trinajstić information content (AvgIpc) is 2.59. The summed E-state index contributed by atoms with van der Waals surface area (Å²) in [5.41, 5.74) is 6.82. The summed E-state index contributed by atoms with van der Waals surface area (Å²) < 4.78 is 0. The Balaban J connectivity index is 0.00000288. The Hall–Kier alpha value is -0.850. The first-order valence-corrected chi connectivity index (χ1v) is 8.61. The zero-order valence-electron chi connectivity index (χ0n) is 15.1. The molecule has 0 unspecified atom stereocenters. The van der Waals surface area contributed by atoms with Gasteiger partial charge in [0.25, 0.3) is 0 Å². The monoisotopic (exact) mass is 390 g/mol. The Labute approximate surface area is 164 Å². The highest BCUT2D eigenvalue weighted by atomic mass is 35.5. The number of piperazine rings is 1. The molecule has 2 N–H and O–H groups in total. The van der Waals surface area contributed by atoms with Gasteiger partial charge in [-0.1, -0.05) is 30.3 Å². The van der Waals surface area contributed by atoms with Gasteiger partial charge in [0, 0.05) is 52.2 Å². The molecule has 0 atom stereocenters. The molecule has 0 spiro atoms. The largest absolute Gasteiger partial charge is 0.340 e. The molecule has 0 bridgehead atoms. The van der Waals surface area contributed by atoms with E-state index in [1.165, 1.54) is 5.56 Å². The molecular weight excluding hydrogens is 359 g/mol. The summed E-state index contributed by atoms with van der Waals surface area (Å²) in [5, 5.41) is 0. The van der Waals surface area contributed by atoms with Gasteiger partial charge in [0.1, 0.15) is 0 Å². The second-order valence-corrected chi connectivity index (χ2v) is 6.34. The van der Waals surface area contributed by atoms with Crippen molar-refractivity contribution in [1.29, 1.82) is 0 Å². The molecule has 0 saturated carbocycles. The van der Waals surface area contributed by atoms with Gasteiger partial charge in [-0.15, -0.1) is 24.8 Å². The van der Waals surface area contributed by atoms with Crippen molar-refractivity contribution in [1.82, 2.24) is 14.7 Å². The summed E-state index contributed by atoms with van der Waals surface area (Å²) in [6, 6.07) is 10.6. The van der Waals surface area contributed by atoms with E-state index in [1.807, 2.05) is 4.90 Å². The summed E-state index contributed by atoms with van der Waals surface area (Å²) in [7, 11) is 2.17. The number of benzene rings is 1. The van der Waals surface area contributed by atoms with Crippen LogP contribution >= 0.6 is 24.8 Å². The number of nitrogens with zero attached hydrogens (tertiary/aromatic N) is 3. The van der Waals surface area contributed by atoms with E-state index in [-0.39, 0.29) is 30.7 Å². The molecule has 1 fully saturated rings. The van der Waals surface area contributed by atoms with Crippen LogP contribution in [0.15, 0.2) is 30.3 Å². The smallest absolute Gasteiger partial charge is 0.222 e. The van der Waals surface area contributed by atoms with Crippen molar-refractivity contribution < 1.29 is 4.79 Å². The standard InChI is InChI=1S/C18H30N4O.2ClH/c1-20(16-17-6-3-2-4-7-17)10-11-21-12-14-22(15-13-21)18(23)8-5-9-19;;/h2-4,6-7H,5,8-16,19H2,1H3;2*1H. The first-order chi connectivity index (χ1) is 11.2. The van der Waals surface area contributed by atoms with E-state index in [2.05, 4.69) is 47.2 Å². The number of rotatable bonds is 8. The lowest BCUT2D eigenvalue weighted by Gasteiger charge is -2.35. The van der Waals surface area contributed by atoms with Crippen molar-refractivity contribution in [3.8, 4) is 0 Å². The summed E-state index contributed by atoms with van der Waals surface area (Å²) in [5.74, 6) is 0.260. The molecule has 0 aliphatic carbocycles. The first-order valence-electron chi connectivity index (χ1n) is 8.61. The zero-order valence-corrected chi connectivity index (χ0v) is 16.7. The van der Waals surface area contributed by atoms with Crippen LogP contribution in [0.4, 0.5) is 0 Å². The van der Waals surface area contributed by atoms with Gasteiger partial charge in [-0.25, -0.2) is 0 Å². The van der Waals surface area contributed by atoms with E-state index in [0.29, 0.717) is 13.0 Å². The van der Waals surface area contributed by atoms with Gasteiger partial charge in [-0.3, -0.25) is 9.69 Å². The van der Waals surface area contributed by atoms with E-state index in [4.69, 9.17) is 5.73 Å². The van der Waals surface area contributed by atoms with Crippen LogP contribution in [0.1, 0.15) is 18.4 Å². The van der Waals surface area contributed by atoms with Crippen LogP contribution in [0.5, 0.6) is 0 Å². The number of carbonyl (C=O) groups is 1. The van der Waals surface area contributed by atoms with Gasteiger partial charge >= 0.3 is 0 Å². The highest BCUT2D eigenvalue weighted by Gasteiger charge is 2.20. The fourth-order valence-electron chi connectivity index (χ4n) is 2.92. The SMILES string of the molecule is CN(CCN1CCN(C(=O)CCCN)CC1)Cc1ccccc1.Cl.Cl. The van der Waals surface area contributed by atoms with Gasteiger partial charge in [0.2, 0.25) is 5.91 Å². The highest BCUT2D eigenvalue weighted by Crippen LogP contribution is 2.06. The zero-order chi connectivity index (χ0) is 16.5. The third-order valence-corrected chi connectivity index (χ3v) is 4.41. The summed E-state index contributed by atoms with van der Waals surface area (Å²) in [6.45, 7) is 7.36. The molecule has 0 radical (unpaired) electrons. The highest BCUT2D eigenvalue weighted by molar-refractivity contribution is 5.85. The molecule has 1 heterocycles. The normalized spacial score (nSPS) is 14.8. The summed E-state index contributed by atoms with van der Waals surface area (Å²) in [6.07, 6.45) is 1.39. The maximum absolute atomic E-state index is 12.0. The van der Waals surface area contributed by atoms with E-state index in [9.17, 15) is 4.79 Å². The Bertz CT molecular complexity index is 467. The van der Waals surface area contributed by atoms with Gasteiger partial charge in [-0.05, 0) is 25.6 Å². The minimum Gasteiger partial charge on any atom is -0.340 e. The van der Waals surface area contributed by atoms with Gasteiger partial charge in [-0.2, -0.15) is 0 Å². The Kier molecular flexibility index (Phi) is 12.9. The second kappa shape index (κ2) is 13.4. The van der Waals surface area contributed by atoms with Crippen molar-refractivity contribution in [2.24, 2.45) is 5.73 Å². The minimum atomic E-state index is 0. The van der Waals surface area contributed by atoms with Crippen LogP contribution in [-0.2, 0) is 11.3 Å². The maximum atomic E-state index is 12.0. The summed E-state index contributed by atoms with van der Waals surface area (Å²) in [4.78, 5) is 18.8. The lowest BCUT2D eigenvalue weighted by molar-refractivity contribution is -0.133. The van der Waals surface area contributed by atoms with Crippen molar-refractivity contribution in [2.75, 3.05) is 52.9 Å². The fraction of sp³-hybridized carbons (Fsp3) is 0.611. The van der Waals surface area contributed by atoms with Crippen LogP contribution in [0.25, 0.3) is 0 Å². The van der Waals surface area contributed by atoms with Crippen LogP contribution < -0.4 is 5.73 Å². The molecule has 7 heteroatoms. The average molecular weight is 391 g/mol. The molecule has 2 rings (SSSR count). The Morgan fingerprint density at radius 1 is 1.12 bits per heavy atom. The second-order valence-electron chi connectivity index (χ2n) is 6.34. The van der Waals surface area contributed by atoms with Crippen LogP contribution in [0, 0.1) is 0 Å². The van der Waals surface area contributed by atoms with E-state index in [0.717, 1.165) is 52.2 Å². The molecule has 1 aliphatic heterocycles. The van der Waals surface area contributed by atoms with E-state index in [1.54, 1.807) is 0 Å². The van der Waals surface area contributed by atoms with Crippen molar-refractivity contribution in [3.63, 3.8) is 0 Å². The quantitative estimate of drug-likeness (QED) is 0.735. The molecule has 1 aliphatic rings. The van der Waals surface area contributed by atoms with Gasteiger partial charge < -0.3 is 15.5 Å². The molecule has 25 heavy (non-hydrogen) atoms. The molecule has 1 saturated heterocycles. The summed E-state index contributed by atoms with van der Waals surface area (Å²) >= 11 is 0. The molecule has 1 aromatic carbocycles. The van der Waals surface area contributed by atoms with Gasteiger partial charge in [0.15, 0.2) is 0 Å². The minimum absolute atomic E-state index is 0. The predicted molar refractivity (Wildman–Crippen MR) is 109 cm³/mol. The topological polar surface area (TPSA) is 52.8 Å². The molecule has 144 valence electrons. The van der Waals surface area contributed by atoms with Crippen LogP contribution in [0.3, 0.4) is 0 Å². The Morgan fingerprint density at radius 2 is 1.76 bits per heavy atom. The van der Waals surface area contributed by atoms with E-state index >= 15 is 0 Å². The molecule has 1 amide bonds. The lowest BCUT2D eigenvalue weighted by Crippen LogP contribution is -2.50. The first kappa shape index (κ1) is 24.1. The van der Waals surface area contributed by atoms with Crippen LogP contribution in [-0.4, -0.2) is 73.5 Å². The van der Waals surface area contributed by atoms with Crippen molar-refractivity contribution in [3.05, 3.63) is 35.9 Å². The molecule has 0 aromatic heterocycles. The van der Waals surface area contributed by atoms with E-state index < -0.39 is 0 Å². The van der Waals surface area contributed by atoms with Crippen molar-refractivity contribution >= 4 is 30.7 Å². The molecular formula is C18H32Cl2N4O. The number of halogens is 2. The van der Waals surface area contributed by atoms with Crippen molar-refractivity contribution in [2.45, 2.75) is 19.4 Å². The maximum Gasteiger partial charge on any atom is 0.222 e. The molecule has 1 aromatic rings. The molecule has 5 nitrogen and oxygen atoms in total. The Morgan fingerprint density at radius 3 is 2.36 bits per heavy atom. The van der Waals surface area contributed by atoms with Gasteiger partial charge in [0.05, 0.1) is 0 Å². The third-order valence-electron chi connectivity index (χ3n) is 4.41. The predicted octanol–water partition coefficient (Wildman–Crippen LogP) is 1.85. The fourth-order valence-corrected chi connectivity index (χ4v) is 2.92. The number of amides is 1. The number of carbonyl (C=O) groups excluding carboxylic acids is 1. The number of nitrogens with two attached hydrogens (primary N) is 1.